The van der Waals surface area contributed by atoms with Gasteiger partial charge in [0.1, 0.15) is 11.5 Å². The highest BCUT2D eigenvalue weighted by atomic mass is 79.9. The fourth-order valence-corrected chi connectivity index (χ4v) is 4.14. The van der Waals surface area contributed by atoms with Gasteiger partial charge < -0.3 is 4.74 Å². The van der Waals surface area contributed by atoms with Gasteiger partial charge in [-0.15, -0.1) is 0 Å². The largest absolute Gasteiger partial charge is 0.457 e. The van der Waals surface area contributed by atoms with E-state index < -0.39 is 0 Å². The van der Waals surface area contributed by atoms with Gasteiger partial charge in [0, 0.05) is 0 Å². The zero-order chi connectivity index (χ0) is 18.0. The van der Waals surface area contributed by atoms with Gasteiger partial charge in [-0.05, 0) is 78.9 Å². The van der Waals surface area contributed by atoms with Crippen LogP contribution in [0.15, 0.2) is 64.1 Å². The van der Waals surface area contributed by atoms with E-state index in [9.17, 15) is 5.26 Å². The first-order valence-corrected chi connectivity index (χ1v) is 9.77. The first-order valence-electron chi connectivity index (χ1n) is 8.19. The lowest BCUT2D eigenvalue weighted by Gasteiger charge is -2.13. The maximum absolute atomic E-state index is 9.82. The second kappa shape index (κ2) is 7.35. The van der Waals surface area contributed by atoms with Crippen LogP contribution in [0, 0.1) is 28.6 Å². The Morgan fingerprint density at radius 1 is 1.12 bits per heavy atom. The Bertz CT molecular complexity index is 819. The lowest BCUT2D eigenvalue weighted by atomic mass is 9.91. The predicted molar refractivity (Wildman–Crippen MR) is 108 cm³/mol. The number of hydrogen-bond donors (Lipinski definition) is 0. The van der Waals surface area contributed by atoms with Crippen molar-refractivity contribution in [3.05, 3.63) is 69.6 Å². The fourth-order valence-electron chi connectivity index (χ4n) is 3.57. The van der Waals surface area contributed by atoms with Crippen molar-refractivity contribution >= 4 is 31.9 Å². The minimum absolute atomic E-state index is 0.101. The quantitative estimate of drug-likeness (QED) is 0.481. The SMILES string of the molecule is CC1(C)C(C=C(Br)Br)[C@@H]1[C@H](C#N)c1cccc(Oc2ccccc2)c1. The molecule has 0 saturated heterocycles. The van der Waals surface area contributed by atoms with E-state index in [1.54, 1.807) is 0 Å². The van der Waals surface area contributed by atoms with Gasteiger partial charge in [-0.3, -0.25) is 0 Å². The van der Waals surface area contributed by atoms with Crippen LogP contribution in [0.3, 0.4) is 0 Å². The summed E-state index contributed by atoms with van der Waals surface area (Å²) in [4.78, 5) is 0. The van der Waals surface area contributed by atoms with E-state index in [1.165, 1.54) is 0 Å². The number of rotatable bonds is 5. The summed E-state index contributed by atoms with van der Waals surface area (Å²) in [5.41, 5.74) is 1.11. The molecule has 0 aliphatic heterocycles. The molecule has 2 aromatic carbocycles. The highest BCUT2D eigenvalue weighted by molar-refractivity contribution is 9.28. The highest BCUT2D eigenvalue weighted by Crippen LogP contribution is 2.65. The summed E-state index contributed by atoms with van der Waals surface area (Å²) in [5.74, 6) is 2.05. The number of nitrogens with zero attached hydrogens (tertiary/aromatic N) is 1. The van der Waals surface area contributed by atoms with Gasteiger partial charge in [-0.2, -0.15) is 5.26 Å². The second-order valence-corrected chi connectivity index (χ2v) is 9.70. The summed E-state index contributed by atoms with van der Waals surface area (Å²) >= 11 is 6.89. The van der Waals surface area contributed by atoms with E-state index in [0.717, 1.165) is 20.5 Å². The van der Waals surface area contributed by atoms with E-state index >= 15 is 0 Å². The van der Waals surface area contributed by atoms with Crippen LogP contribution in [0.25, 0.3) is 0 Å². The Morgan fingerprint density at radius 2 is 1.80 bits per heavy atom. The molecule has 0 heterocycles. The van der Waals surface area contributed by atoms with Gasteiger partial charge in [-0.25, -0.2) is 0 Å². The third-order valence-electron chi connectivity index (χ3n) is 5.00. The van der Waals surface area contributed by atoms with Gasteiger partial charge in [-0.1, -0.05) is 50.3 Å². The van der Waals surface area contributed by atoms with Crippen molar-refractivity contribution in [3.63, 3.8) is 0 Å². The summed E-state index contributed by atoms with van der Waals surface area (Å²) in [7, 11) is 0. The summed E-state index contributed by atoms with van der Waals surface area (Å²) in [6.45, 7) is 4.44. The molecular formula is C21H19Br2NO. The summed E-state index contributed by atoms with van der Waals surface area (Å²) in [6.07, 6.45) is 2.15. The summed E-state index contributed by atoms with van der Waals surface area (Å²) in [6, 6.07) is 20.1. The molecule has 0 bridgehead atoms. The van der Waals surface area contributed by atoms with Crippen LogP contribution in [0.2, 0.25) is 0 Å². The molecule has 1 aliphatic rings. The van der Waals surface area contributed by atoms with Gasteiger partial charge in [0.25, 0.3) is 0 Å². The van der Waals surface area contributed by atoms with Crippen molar-refractivity contribution in [2.75, 3.05) is 0 Å². The van der Waals surface area contributed by atoms with E-state index in [4.69, 9.17) is 4.74 Å². The molecule has 4 heteroatoms. The van der Waals surface area contributed by atoms with Crippen LogP contribution < -0.4 is 4.74 Å². The Balaban J connectivity index is 1.84. The van der Waals surface area contributed by atoms with Crippen LogP contribution in [-0.2, 0) is 0 Å². The molecule has 0 spiro atoms. The average molecular weight is 461 g/mol. The number of benzene rings is 2. The summed E-state index contributed by atoms with van der Waals surface area (Å²) in [5, 5.41) is 9.82. The molecule has 1 fully saturated rings. The molecule has 2 nitrogen and oxygen atoms in total. The smallest absolute Gasteiger partial charge is 0.127 e. The first-order chi connectivity index (χ1) is 11.9. The Hall–Kier alpha value is -1.57. The molecule has 3 rings (SSSR count). The molecule has 0 N–H and O–H groups in total. The molecule has 3 atom stereocenters. The molecule has 25 heavy (non-hydrogen) atoms. The number of para-hydroxylation sites is 1. The molecule has 1 aliphatic carbocycles. The first kappa shape index (κ1) is 18.2. The standard InChI is InChI=1S/C21H19Br2NO/c1-21(2)18(12-19(22)23)20(21)17(13-24)14-7-6-10-16(11-14)25-15-8-4-3-5-9-15/h3-12,17-18,20H,1-2H3/t17-,18?,20+/m1/s1. The van der Waals surface area contributed by atoms with E-state index in [2.05, 4.69) is 57.9 Å². The van der Waals surface area contributed by atoms with Crippen LogP contribution in [-0.4, -0.2) is 0 Å². The zero-order valence-corrected chi connectivity index (χ0v) is 17.3. The Labute approximate surface area is 165 Å². The van der Waals surface area contributed by atoms with Crippen molar-refractivity contribution in [3.8, 4) is 17.6 Å². The molecule has 128 valence electrons. The third kappa shape index (κ3) is 3.99. The number of hydrogen-bond acceptors (Lipinski definition) is 2. The molecule has 0 aromatic heterocycles. The van der Waals surface area contributed by atoms with Crippen LogP contribution in [0.1, 0.15) is 25.3 Å². The number of allylic oxidation sites excluding steroid dienone is 1. The average Bonchev–Trinajstić information content (AvgIpc) is 3.09. The third-order valence-corrected chi connectivity index (χ3v) is 5.52. The molecule has 1 unspecified atom stereocenters. The van der Waals surface area contributed by atoms with Crippen LogP contribution >= 0.6 is 31.9 Å². The van der Waals surface area contributed by atoms with Crippen molar-refractivity contribution in [2.45, 2.75) is 19.8 Å². The van der Waals surface area contributed by atoms with Gasteiger partial charge >= 0.3 is 0 Å². The minimum Gasteiger partial charge on any atom is -0.457 e. The predicted octanol–water partition coefficient (Wildman–Crippen LogP) is 6.99. The monoisotopic (exact) mass is 459 g/mol. The van der Waals surface area contributed by atoms with E-state index in [-0.39, 0.29) is 17.3 Å². The molecule has 2 aromatic rings. The van der Waals surface area contributed by atoms with E-state index in [1.807, 2.05) is 54.6 Å². The molecule has 0 radical (unpaired) electrons. The topological polar surface area (TPSA) is 33.0 Å². The van der Waals surface area contributed by atoms with Gasteiger partial charge in [0.05, 0.1) is 15.4 Å². The summed E-state index contributed by atoms with van der Waals surface area (Å²) < 4.78 is 6.86. The highest BCUT2D eigenvalue weighted by Gasteiger charge is 2.60. The Morgan fingerprint density at radius 3 is 2.44 bits per heavy atom. The van der Waals surface area contributed by atoms with Crippen molar-refractivity contribution in [1.29, 1.82) is 5.26 Å². The number of ether oxygens (including phenoxy) is 1. The normalized spacial score (nSPS) is 21.7. The van der Waals surface area contributed by atoms with Gasteiger partial charge in [0.15, 0.2) is 0 Å². The Kier molecular flexibility index (Phi) is 5.36. The van der Waals surface area contributed by atoms with E-state index in [0.29, 0.717) is 5.92 Å². The zero-order valence-electron chi connectivity index (χ0n) is 14.1. The molecule has 0 amide bonds. The van der Waals surface area contributed by atoms with Crippen molar-refractivity contribution in [1.82, 2.24) is 0 Å². The van der Waals surface area contributed by atoms with Crippen molar-refractivity contribution < 1.29 is 4.74 Å². The molecule has 1 saturated carbocycles. The molecular weight excluding hydrogens is 442 g/mol. The fraction of sp³-hybridized carbons (Fsp3) is 0.286. The maximum Gasteiger partial charge on any atom is 0.127 e. The van der Waals surface area contributed by atoms with Crippen molar-refractivity contribution in [2.24, 2.45) is 17.3 Å². The second-order valence-electron chi connectivity index (χ2n) is 6.92. The number of halogens is 2. The maximum atomic E-state index is 9.82. The van der Waals surface area contributed by atoms with Crippen LogP contribution in [0.5, 0.6) is 11.5 Å². The lowest BCUT2D eigenvalue weighted by Crippen LogP contribution is -2.03. The van der Waals surface area contributed by atoms with Crippen LogP contribution in [0.4, 0.5) is 0 Å². The van der Waals surface area contributed by atoms with Gasteiger partial charge in [0.2, 0.25) is 0 Å². The number of nitriles is 1. The minimum atomic E-state index is -0.157. The lowest BCUT2D eigenvalue weighted by molar-refractivity contribution is 0.479.